The zero-order valence-corrected chi connectivity index (χ0v) is 19.2. The van der Waals surface area contributed by atoms with E-state index in [1.165, 1.54) is 24.2 Å². The van der Waals surface area contributed by atoms with Crippen LogP contribution in [0.2, 0.25) is 0 Å². The first-order valence-electron chi connectivity index (χ1n) is 10.6. The Morgan fingerprint density at radius 1 is 1.29 bits per heavy atom. The Morgan fingerprint density at radius 2 is 2.13 bits per heavy atom. The first kappa shape index (κ1) is 21.5. The number of piperidine rings is 1. The van der Waals surface area contributed by atoms with Crippen molar-refractivity contribution in [1.82, 2.24) is 15.5 Å². The van der Waals surface area contributed by atoms with Crippen molar-refractivity contribution in [2.24, 2.45) is 0 Å². The molecule has 164 valence electrons. The first-order chi connectivity index (χ1) is 14.9. The summed E-state index contributed by atoms with van der Waals surface area (Å²) in [4.78, 5) is 18.0. The van der Waals surface area contributed by atoms with Crippen LogP contribution in [0.3, 0.4) is 0 Å². The summed E-state index contributed by atoms with van der Waals surface area (Å²) in [5.41, 5.74) is 3.67. The molecule has 8 heteroatoms. The van der Waals surface area contributed by atoms with Gasteiger partial charge in [-0.3, -0.25) is 4.79 Å². The number of nitrogens with one attached hydrogen (secondary N) is 2. The highest BCUT2D eigenvalue weighted by Gasteiger charge is 2.20. The normalized spacial score (nSPS) is 16.3. The van der Waals surface area contributed by atoms with Crippen LogP contribution in [0.1, 0.15) is 51.1 Å². The number of thiazole rings is 1. The Balaban J connectivity index is 1.61. The summed E-state index contributed by atoms with van der Waals surface area (Å²) in [7, 11) is 0. The molecule has 7 nitrogen and oxygen atoms in total. The lowest BCUT2D eigenvalue weighted by Gasteiger charge is -2.24. The largest absolute Gasteiger partial charge is 0.491 e. The van der Waals surface area contributed by atoms with E-state index in [0.717, 1.165) is 45.4 Å². The van der Waals surface area contributed by atoms with Crippen molar-refractivity contribution in [2.75, 3.05) is 18.5 Å². The molecule has 1 amide bonds. The van der Waals surface area contributed by atoms with Crippen LogP contribution in [0.25, 0.3) is 11.1 Å². The maximum absolute atomic E-state index is 12.8. The predicted octanol–water partition coefficient (Wildman–Crippen LogP) is 4.80. The number of benzene rings is 1. The molecule has 1 aliphatic rings. The lowest BCUT2D eigenvalue weighted by molar-refractivity contribution is 0.102. The number of amides is 1. The maximum atomic E-state index is 12.8. The third-order valence-electron chi connectivity index (χ3n) is 5.51. The van der Waals surface area contributed by atoms with Gasteiger partial charge in [-0.05, 0) is 65.3 Å². The third-order valence-corrected chi connectivity index (χ3v) is 6.40. The van der Waals surface area contributed by atoms with E-state index in [1.807, 2.05) is 45.9 Å². The van der Waals surface area contributed by atoms with E-state index < -0.39 is 0 Å². The maximum Gasteiger partial charge on any atom is 0.275 e. The van der Waals surface area contributed by atoms with Gasteiger partial charge in [0.05, 0.1) is 16.3 Å². The van der Waals surface area contributed by atoms with Crippen LogP contribution in [-0.4, -0.2) is 35.2 Å². The summed E-state index contributed by atoms with van der Waals surface area (Å²) < 4.78 is 11.6. The van der Waals surface area contributed by atoms with Crippen LogP contribution in [-0.2, 0) is 0 Å². The van der Waals surface area contributed by atoms with Gasteiger partial charge in [-0.1, -0.05) is 11.6 Å². The molecule has 0 unspecified atom stereocenters. The second-order valence-electron chi connectivity index (χ2n) is 7.96. The van der Waals surface area contributed by atoms with Crippen molar-refractivity contribution < 1.29 is 14.1 Å². The molecule has 1 atom stereocenters. The van der Waals surface area contributed by atoms with Crippen molar-refractivity contribution >= 4 is 22.9 Å². The number of hydrogen-bond donors (Lipinski definition) is 2. The van der Waals surface area contributed by atoms with Gasteiger partial charge in [0.2, 0.25) is 0 Å². The molecule has 0 saturated carbocycles. The lowest BCUT2D eigenvalue weighted by atomic mass is 10.0. The van der Waals surface area contributed by atoms with Crippen molar-refractivity contribution in [3.63, 3.8) is 0 Å². The molecule has 0 aliphatic carbocycles. The standard InChI is InChI=1S/C23H28N4O3S/c1-13-21(14(2)30-27-13)19-11-17(26-23(28)22-15(3)31-16(4)25-22)8-9-20(19)29-12-18-7-5-6-10-24-18/h8-9,11,18,24H,5-7,10,12H2,1-4H3,(H,26,28)/t18-/m1/s1. The fraction of sp³-hybridized carbons (Fsp3) is 0.435. The predicted molar refractivity (Wildman–Crippen MR) is 122 cm³/mol. The number of aryl methyl sites for hydroxylation is 4. The average molecular weight is 441 g/mol. The number of nitrogens with zero attached hydrogens (tertiary/aromatic N) is 2. The van der Waals surface area contributed by atoms with E-state index >= 15 is 0 Å². The quantitative estimate of drug-likeness (QED) is 0.572. The van der Waals surface area contributed by atoms with Gasteiger partial charge in [0.15, 0.2) is 0 Å². The molecule has 4 rings (SSSR count). The number of aromatic nitrogens is 2. The van der Waals surface area contributed by atoms with E-state index in [-0.39, 0.29) is 5.91 Å². The fourth-order valence-electron chi connectivity index (χ4n) is 3.98. The number of anilines is 1. The van der Waals surface area contributed by atoms with Gasteiger partial charge in [-0.15, -0.1) is 11.3 Å². The van der Waals surface area contributed by atoms with Gasteiger partial charge >= 0.3 is 0 Å². The minimum atomic E-state index is -0.216. The van der Waals surface area contributed by atoms with Crippen molar-refractivity contribution in [3.8, 4) is 16.9 Å². The number of ether oxygens (including phenoxy) is 1. The first-order valence-corrected chi connectivity index (χ1v) is 11.4. The Hall–Kier alpha value is -2.71. The van der Waals surface area contributed by atoms with E-state index in [9.17, 15) is 4.79 Å². The molecule has 1 aliphatic heterocycles. The summed E-state index contributed by atoms with van der Waals surface area (Å²) in [6, 6.07) is 6.03. The Bertz CT molecular complexity index is 1060. The van der Waals surface area contributed by atoms with Crippen LogP contribution in [0.5, 0.6) is 5.75 Å². The number of hydrogen-bond acceptors (Lipinski definition) is 7. The summed E-state index contributed by atoms with van der Waals surface area (Å²) in [6.45, 7) is 9.23. The molecule has 2 aromatic heterocycles. The molecule has 3 aromatic rings. The smallest absolute Gasteiger partial charge is 0.275 e. The second kappa shape index (κ2) is 9.20. The molecule has 31 heavy (non-hydrogen) atoms. The van der Waals surface area contributed by atoms with Gasteiger partial charge in [0, 0.05) is 22.2 Å². The molecule has 0 radical (unpaired) electrons. The lowest BCUT2D eigenvalue weighted by Crippen LogP contribution is -2.38. The minimum absolute atomic E-state index is 0.216. The molecule has 1 aromatic carbocycles. The summed E-state index contributed by atoms with van der Waals surface area (Å²) in [5.74, 6) is 1.25. The van der Waals surface area contributed by atoms with E-state index in [1.54, 1.807) is 0 Å². The molecule has 2 N–H and O–H groups in total. The Labute approximate surface area is 186 Å². The zero-order valence-electron chi connectivity index (χ0n) is 18.4. The molecular weight excluding hydrogens is 412 g/mol. The molecule has 0 bridgehead atoms. The van der Waals surface area contributed by atoms with Crippen molar-refractivity contribution in [3.05, 3.63) is 45.2 Å². The highest BCUT2D eigenvalue weighted by molar-refractivity contribution is 7.11. The molecule has 0 spiro atoms. The van der Waals surface area contributed by atoms with Gasteiger partial charge in [0.1, 0.15) is 23.8 Å². The highest BCUT2D eigenvalue weighted by atomic mass is 32.1. The van der Waals surface area contributed by atoms with Crippen LogP contribution in [0.15, 0.2) is 22.7 Å². The molecule has 1 fully saturated rings. The van der Waals surface area contributed by atoms with E-state index in [4.69, 9.17) is 9.26 Å². The molecular formula is C23H28N4O3S. The van der Waals surface area contributed by atoms with Gasteiger partial charge < -0.3 is 19.9 Å². The van der Waals surface area contributed by atoms with Gasteiger partial charge in [0.25, 0.3) is 5.91 Å². The minimum Gasteiger partial charge on any atom is -0.491 e. The highest BCUT2D eigenvalue weighted by Crippen LogP contribution is 2.37. The number of carbonyl (C=O) groups excluding carboxylic acids is 1. The fourth-order valence-corrected chi connectivity index (χ4v) is 4.80. The van der Waals surface area contributed by atoms with E-state index in [2.05, 4.69) is 20.8 Å². The van der Waals surface area contributed by atoms with Gasteiger partial charge in [-0.2, -0.15) is 0 Å². The summed E-state index contributed by atoms with van der Waals surface area (Å²) in [5, 5.41) is 11.5. The van der Waals surface area contributed by atoms with Crippen molar-refractivity contribution in [2.45, 2.75) is 53.0 Å². The number of carbonyl (C=O) groups is 1. The van der Waals surface area contributed by atoms with Crippen molar-refractivity contribution in [1.29, 1.82) is 0 Å². The van der Waals surface area contributed by atoms with Crippen LogP contribution < -0.4 is 15.4 Å². The topological polar surface area (TPSA) is 89.3 Å². The second-order valence-corrected chi connectivity index (χ2v) is 9.37. The Kier molecular flexibility index (Phi) is 6.38. The average Bonchev–Trinajstić information content (AvgIpc) is 3.27. The number of rotatable bonds is 6. The SMILES string of the molecule is Cc1nc(C(=O)Nc2ccc(OC[C@H]3CCCCN3)c(-c3c(C)noc3C)c2)c(C)s1. The summed E-state index contributed by atoms with van der Waals surface area (Å²) in [6.07, 6.45) is 3.55. The summed E-state index contributed by atoms with van der Waals surface area (Å²) >= 11 is 1.52. The van der Waals surface area contributed by atoms with Gasteiger partial charge in [-0.25, -0.2) is 4.98 Å². The van der Waals surface area contributed by atoms with Crippen LogP contribution in [0.4, 0.5) is 5.69 Å². The van der Waals surface area contributed by atoms with E-state index in [0.29, 0.717) is 29.8 Å². The van der Waals surface area contributed by atoms with Crippen LogP contribution >= 0.6 is 11.3 Å². The molecule has 1 saturated heterocycles. The monoisotopic (exact) mass is 440 g/mol. The zero-order chi connectivity index (χ0) is 22.0. The third kappa shape index (κ3) is 4.80. The van der Waals surface area contributed by atoms with Crippen LogP contribution in [0, 0.1) is 27.7 Å². The molecule has 3 heterocycles. The Morgan fingerprint density at radius 3 is 2.77 bits per heavy atom.